The molecule has 0 aromatic rings. The first-order valence-corrected chi connectivity index (χ1v) is 14.8. The van der Waals surface area contributed by atoms with Crippen LogP contribution in [-0.4, -0.2) is 61.6 Å². The highest BCUT2D eigenvalue weighted by Crippen LogP contribution is 2.15. The van der Waals surface area contributed by atoms with E-state index in [1.54, 1.807) is 21.3 Å². The quantitative estimate of drug-likeness (QED) is 0.0991. The Morgan fingerprint density at radius 2 is 0.967 bits per heavy atom. The van der Waals surface area contributed by atoms with Gasteiger partial charge in [-0.15, -0.1) is 11.6 Å². The van der Waals surface area contributed by atoms with E-state index in [0.29, 0.717) is 0 Å². The van der Waals surface area contributed by atoms with Crippen LogP contribution in [0.4, 0.5) is 0 Å². The van der Waals surface area contributed by atoms with Gasteiger partial charge in [0.25, 0.3) is 0 Å². The van der Waals surface area contributed by atoms with Gasteiger partial charge in [0.2, 0.25) is 0 Å². The second-order valence-electron chi connectivity index (χ2n) is 8.49. The number of hydrogen-bond acceptors (Lipinski definition) is 4. The van der Waals surface area contributed by atoms with Gasteiger partial charge in [0.05, 0.1) is 0 Å². The van der Waals surface area contributed by atoms with Crippen molar-refractivity contribution in [3.63, 3.8) is 0 Å². The fourth-order valence-electron chi connectivity index (χ4n) is 3.46. The highest BCUT2D eigenvalue weighted by atomic mass is 35.5. The van der Waals surface area contributed by atoms with E-state index in [-0.39, 0.29) is 0 Å². The molecule has 0 saturated carbocycles. The molecule has 4 nitrogen and oxygen atoms in total. The van der Waals surface area contributed by atoms with Crippen molar-refractivity contribution in [1.29, 1.82) is 0 Å². The highest BCUT2D eigenvalue weighted by Gasteiger charge is 2.36. The van der Waals surface area contributed by atoms with Crippen molar-refractivity contribution in [2.75, 3.05) is 47.8 Å². The predicted octanol–water partition coefficient (Wildman–Crippen LogP) is 7.52. The number of unbranched alkanes of at least 4 members (excludes halogenated alkanes) is 13. The van der Waals surface area contributed by atoms with Crippen LogP contribution in [0, 0.1) is 0 Å². The number of hydrogen-bond donors (Lipinski definition) is 0. The molecule has 0 bridgehead atoms. The normalized spacial score (nSPS) is 11.6. The molecule has 0 atom stereocenters. The molecule has 6 heteroatoms. The Morgan fingerprint density at radius 3 is 1.27 bits per heavy atom. The summed E-state index contributed by atoms with van der Waals surface area (Å²) in [6, 6.07) is 0.870. The minimum Gasteiger partial charge on any atom is -0.377 e. The van der Waals surface area contributed by atoms with Crippen LogP contribution in [0.5, 0.6) is 0 Å². The van der Waals surface area contributed by atoms with E-state index >= 15 is 0 Å². The molecule has 0 rings (SSSR count). The fourth-order valence-corrected chi connectivity index (χ4v) is 5.35. The summed E-state index contributed by atoms with van der Waals surface area (Å²) in [6.45, 7) is 3.32. The Morgan fingerprint density at radius 1 is 0.600 bits per heavy atom. The van der Waals surface area contributed by atoms with Gasteiger partial charge in [0.15, 0.2) is 0 Å². The summed E-state index contributed by atoms with van der Waals surface area (Å²) in [5.74, 6) is 0.845. The van der Waals surface area contributed by atoms with Gasteiger partial charge in [-0.2, -0.15) is 0 Å². The van der Waals surface area contributed by atoms with Gasteiger partial charge in [-0.1, -0.05) is 90.4 Å². The van der Waals surface area contributed by atoms with Crippen LogP contribution in [0.25, 0.3) is 0 Å². The van der Waals surface area contributed by atoms with Crippen molar-refractivity contribution >= 4 is 20.4 Å². The molecule has 30 heavy (non-hydrogen) atoms. The Bertz CT molecular complexity index is 297. The summed E-state index contributed by atoms with van der Waals surface area (Å²) in [6.07, 6.45) is 20.9. The molecule has 0 N–H and O–H groups in total. The minimum atomic E-state index is -2.31. The topological polar surface area (TPSA) is 30.9 Å². The average Bonchev–Trinajstić information content (AvgIpc) is 2.75. The maximum Gasteiger partial charge on any atom is 0.500 e. The van der Waals surface area contributed by atoms with Crippen LogP contribution in [-0.2, 0) is 13.3 Å². The second-order valence-corrected chi connectivity index (χ2v) is 12.0. The lowest BCUT2D eigenvalue weighted by atomic mass is 10.0. The summed E-state index contributed by atoms with van der Waals surface area (Å²) < 4.78 is 15.9. The number of halogens is 1. The molecular weight excluding hydrogens is 414 g/mol. The maximum absolute atomic E-state index is 5.64. The van der Waals surface area contributed by atoms with Crippen LogP contribution in [0.3, 0.4) is 0 Å². The van der Waals surface area contributed by atoms with Crippen molar-refractivity contribution in [3.8, 4) is 0 Å². The van der Waals surface area contributed by atoms with E-state index in [1.165, 1.54) is 89.9 Å². The summed E-state index contributed by atoms with van der Waals surface area (Å²) in [5, 5.41) is 0. The van der Waals surface area contributed by atoms with E-state index in [0.717, 1.165) is 24.9 Å². The zero-order valence-electron chi connectivity index (χ0n) is 21.3. The van der Waals surface area contributed by atoms with Crippen molar-refractivity contribution in [3.05, 3.63) is 0 Å². The Balaban J connectivity index is 0. The fraction of sp³-hybridized carbons (Fsp3) is 1.00. The molecule has 0 aliphatic carbocycles. The molecule has 0 heterocycles. The van der Waals surface area contributed by atoms with Crippen LogP contribution in [0.15, 0.2) is 0 Å². The lowest BCUT2D eigenvalue weighted by Crippen LogP contribution is -2.43. The second kappa shape index (κ2) is 25.6. The third kappa shape index (κ3) is 23.0. The molecule has 184 valence electrons. The molecule has 0 saturated heterocycles. The molecule has 0 spiro atoms. The Hall–Kier alpha value is 0.347. The van der Waals surface area contributed by atoms with Gasteiger partial charge in [0.1, 0.15) is 0 Å². The smallest absolute Gasteiger partial charge is 0.377 e. The Labute approximate surface area is 195 Å². The van der Waals surface area contributed by atoms with Crippen molar-refractivity contribution in [1.82, 2.24) is 4.90 Å². The SMILES string of the molecule is CCCCCCCCCCCCCCCCCl.CO[Si](CCCN(C)C)(OC)OC. The standard InChI is InChI=1S/C16H33Cl.C8H21NO3Si/c1-2-3-4-5-6-7-8-9-10-11-12-13-14-15-16-17;1-9(2)7-6-8-13(10-3,11-4)12-5/h2-16H2,1H3;6-8H2,1-5H3. The number of alkyl halides is 1. The van der Waals surface area contributed by atoms with Gasteiger partial charge in [-0.3, -0.25) is 0 Å². The van der Waals surface area contributed by atoms with E-state index in [4.69, 9.17) is 24.9 Å². The van der Waals surface area contributed by atoms with Gasteiger partial charge in [-0.25, -0.2) is 0 Å². The lowest BCUT2D eigenvalue weighted by Gasteiger charge is -2.24. The van der Waals surface area contributed by atoms with Crippen LogP contribution < -0.4 is 0 Å². The van der Waals surface area contributed by atoms with Crippen LogP contribution in [0.1, 0.15) is 103 Å². The van der Waals surface area contributed by atoms with Crippen LogP contribution in [0.2, 0.25) is 6.04 Å². The van der Waals surface area contributed by atoms with E-state index < -0.39 is 8.80 Å². The maximum atomic E-state index is 5.64. The average molecular weight is 468 g/mol. The molecule has 0 aliphatic rings. The van der Waals surface area contributed by atoms with E-state index in [1.807, 2.05) is 0 Å². The van der Waals surface area contributed by atoms with E-state index in [9.17, 15) is 0 Å². The number of nitrogens with zero attached hydrogens (tertiary/aromatic N) is 1. The van der Waals surface area contributed by atoms with Crippen molar-refractivity contribution < 1.29 is 13.3 Å². The van der Waals surface area contributed by atoms with Gasteiger partial charge in [0, 0.05) is 33.3 Å². The molecule has 0 aliphatic heterocycles. The van der Waals surface area contributed by atoms with Gasteiger partial charge >= 0.3 is 8.80 Å². The molecule has 0 fully saturated rings. The van der Waals surface area contributed by atoms with Gasteiger partial charge < -0.3 is 18.2 Å². The molecule has 0 unspecified atom stereocenters. The monoisotopic (exact) mass is 467 g/mol. The molecular formula is C24H54ClNO3Si. The zero-order chi connectivity index (χ0) is 22.9. The summed E-state index contributed by atoms with van der Waals surface area (Å²) in [7, 11) is 6.73. The lowest BCUT2D eigenvalue weighted by molar-refractivity contribution is 0.122. The summed E-state index contributed by atoms with van der Waals surface area (Å²) >= 11 is 5.64. The first kappa shape index (κ1) is 32.5. The van der Waals surface area contributed by atoms with Crippen LogP contribution >= 0.6 is 11.6 Å². The van der Waals surface area contributed by atoms with Crippen molar-refractivity contribution in [2.45, 2.75) is 109 Å². The molecule has 0 aromatic heterocycles. The number of rotatable bonds is 21. The first-order chi connectivity index (χ1) is 14.5. The van der Waals surface area contributed by atoms with Crippen molar-refractivity contribution in [2.24, 2.45) is 0 Å². The molecule has 0 aromatic carbocycles. The first-order valence-electron chi connectivity index (χ1n) is 12.4. The summed E-state index contributed by atoms with van der Waals surface area (Å²) in [5.41, 5.74) is 0. The molecule has 0 radical (unpaired) electrons. The predicted molar refractivity (Wildman–Crippen MR) is 136 cm³/mol. The minimum absolute atomic E-state index is 0.845. The third-order valence-electron chi connectivity index (χ3n) is 5.51. The summed E-state index contributed by atoms with van der Waals surface area (Å²) in [4.78, 5) is 2.14. The van der Waals surface area contributed by atoms with E-state index in [2.05, 4.69) is 25.9 Å². The molecule has 0 amide bonds. The third-order valence-corrected chi connectivity index (χ3v) is 8.61. The van der Waals surface area contributed by atoms with Gasteiger partial charge in [-0.05, 0) is 33.5 Å². The Kier molecular flexibility index (Phi) is 27.8. The highest BCUT2D eigenvalue weighted by molar-refractivity contribution is 6.60. The largest absolute Gasteiger partial charge is 0.500 e. The zero-order valence-corrected chi connectivity index (χ0v) is 23.0.